The Hall–Kier alpha value is -0.500. The van der Waals surface area contributed by atoms with Crippen molar-refractivity contribution >= 4 is 0 Å². The number of nitrogens with zero attached hydrogens (tertiary/aromatic N) is 1. The van der Waals surface area contributed by atoms with E-state index in [9.17, 15) is 0 Å². The predicted octanol–water partition coefficient (Wildman–Crippen LogP) is 1.49. The summed E-state index contributed by atoms with van der Waals surface area (Å²) in [6.07, 6.45) is 3.06. The molecule has 0 aromatic rings. The Labute approximate surface area is 68.8 Å². The van der Waals surface area contributed by atoms with E-state index in [1.807, 2.05) is 6.26 Å². The highest BCUT2D eigenvalue weighted by Gasteiger charge is 2.17. The van der Waals surface area contributed by atoms with Gasteiger partial charge in [-0.05, 0) is 25.0 Å². The zero-order valence-electron chi connectivity index (χ0n) is 7.63. The van der Waals surface area contributed by atoms with Gasteiger partial charge in [0.2, 0.25) is 0 Å². The standard InChI is InChI=1S/C9H17NO/c1-8-6-10(2)5-4-9(8)7-11-3/h7-8H,4-6H2,1-3H3/b9-7+. The van der Waals surface area contributed by atoms with Crippen molar-refractivity contribution in [3.8, 4) is 0 Å². The molecule has 1 aliphatic heterocycles. The fraction of sp³-hybridized carbons (Fsp3) is 0.778. The second-order valence-electron chi connectivity index (χ2n) is 3.34. The van der Waals surface area contributed by atoms with Crippen LogP contribution in [0.4, 0.5) is 0 Å². The second kappa shape index (κ2) is 3.77. The minimum Gasteiger partial charge on any atom is -0.504 e. The molecule has 0 N–H and O–H groups in total. The molecule has 11 heavy (non-hydrogen) atoms. The summed E-state index contributed by atoms with van der Waals surface area (Å²) in [4.78, 5) is 2.36. The molecular weight excluding hydrogens is 138 g/mol. The first-order valence-electron chi connectivity index (χ1n) is 4.14. The van der Waals surface area contributed by atoms with Crippen molar-refractivity contribution in [2.75, 3.05) is 27.2 Å². The average Bonchev–Trinajstić information content (AvgIpc) is 1.95. The van der Waals surface area contributed by atoms with Crippen LogP contribution in [0.25, 0.3) is 0 Å². The molecule has 2 nitrogen and oxygen atoms in total. The Morgan fingerprint density at radius 1 is 1.64 bits per heavy atom. The van der Waals surface area contributed by atoms with Gasteiger partial charge in [0.05, 0.1) is 13.4 Å². The molecule has 0 spiro atoms. The van der Waals surface area contributed by atoms with Crippen molar-refractivity contribution in [1.29, 1.82) is 0 Å². The van der Waals surface area contributed by atoms with Gasteiger partial charge in [-0.2, -0.15) is 0 Å². The van der Waals surface area contributed by atoms with E-state index < -0.39 is 0 Å². The zero-order chi connectivity index (χ0) is 8.27. The minimum absolute atomic E-state index is 0.661. The molecule has 1 fully saturated rings. The quantitative estimate of drug-likeness (QED) is 0.532. The van der Waals surface area contributed by atoms with Crippen molar-refractivity contribution in [2.45, 2.75) is 13.3 Å². The molecule has 0 bridgehead atoms. The van der Waals surface area contributed by atoms with Crippen molar-refractivity contribution in [3.05, 3.63) is 11.8 Å². The molecule has 0 aliphatic carbocycles. The number of hydrogen-bond acceptors (Lipinski definition) is 2. The lowest BCUT2D eigenvalue weighted by atomic mass is 9.95. The Bertz CT molecular complexity index is 154. The molecule has 1 atom stereocenters. The van der Waals surface area contributed by atoms with Gasteiger partial charge in [-0.15, -0.1) is 0 Å². The van der Waals surface area contributed by atoms with E-state index in [1.165, 1.54) is 12.1 Å². The Balaban J connectivity index is 2.50. The first kappa shape index (κ1) is 8.60. The fourth-order valence-electron chi connectivity index (χ4n) is 1.57. The normalized spacial score (nSPS) is 30.8. The van der Waals surface area contributed by atoms with Crippen LogP contribution in [-0.2, 0) is 4.74 Å². The maximum atomic E-state index is 5.01. The molecule has 0 aromatic carbocycles. The highest BCUT2D eigenvalue weighted by molar-refractivity contribution is 5.06. The van der Waals surface area contributed by atoms with Gasteiger partial charge in [0.15, 0.2) is 0 Å². The van der Waals surface area contributed by atoms with Gasteiger partial charge >= 0.3 is 0 Å². The number of hydrogen-bond donors (Lipinski definition) is 0. The van der Waals surface area contributed by atoms with Crippen molar-refractivity contribution in [3.63, 3.8) is 0 Å². The summed E-state index contributed by atoms with van der Waals surface area (Å²) < 4.78 is 5.01. The molecule has 1 unspecified atom stereocenters. The third-order valence-corrected chi connectivity index (χ3v) is 2.27. The fourth-order valence-corrected chi connectivity index (χ4v) is 1.57. The van der Waals surface area contributed by atoms with E-state index in [2.05, 4.69) is 18.9 Å². The third kappa shape index (κ3) is 2.22. The SMILES string of the molecule is CO/C=C1\CCN(C)CC1C. The topological polar surface area (TPSA) is 12.5 Å². The first-order valence-corrected chi connectivity index (χ1v) is 4.14. The Morgan fingerprint density at radius 2 is 2.36 bits per heavy atom. The Morgan fingerprint density at radius 3 is 2.91 bits per heavy atom. The molecule has 1 heterocycles. The smallest absolute Gasteiger partial charge is 0.0820 e. The maximum absolute atomic E-state index is 5.01. The summed E-state index contributed by atoms with van der Waals surface area (Å²) in [5, 5.41) is 0. The van der Waals surface area contributed by atoms with Crippen LogP contribution < -0.4 is 0 Å². The van der Waals surface area contributed by atoms with E-state index in [0.29, 0.717) is 5.92 Å². The van der Waals surface area contributed by atoms with Gasteiger partial charge in [0, 0.05) is 13.1 Å². The number of ether oxygens (including phenoxy) is 1. The van der Waals surface area contributed by atoms with Crippen LogP contribution in [0.2, 0.25) is 0 Å². The monoisotopic (exact) mass is 155 g/mol. The molecule has 1 aliphatic rings. The van der Waals surface area contributed by atoms with Crippen LogP contribution in [0.5, 0.6) is 0 Å². The largest absolute Gasteiger partial charge is 0.504 e. The van der Waals surface area contributed by atoms with Gasteiger partial charge in [-0.1, -0.05) is 6.92 Å². The molecule has 0 aromatic heterocycles. The van der Waals surface area contributed by atoms with Gasteiger partial charge < -0.3 is 9.64 Å². The number of likely N-dealkylation sites (tertiary alicyclic amines) is 1. The average molecular weight is 155 g/mol. The molecule has 0 radical (unpaired) electrons. The molecule has 2 heteroatoms. The summed E-state index contributed by atoms with van der Waals surface area (Å²) in [5.74, 6) is 0.661. The van der Waals surface area contributed by atoms with Gasteiger partial charge in [0.1, 0.15) is 0 Å². The molecule has 1 rings (SSSR count). The summed E-state index contributed by atoms with van der Waals surface area (Å²) in [6, 6.07) is 0. The molecule has 0 saturated carbocycles. The van der Waals surface area contributed by atoms with Gasteiger partial charge in [0.25, 0.3) is 0 Å². The van der Waals surface area contributed by atoms with Crippen LogP contribution in [0.1, 0.15) is 13.3 Å². The summed E-state index contributed by atoms with van der Waals surface area (Å²) in [6.45, 7) is 4.58. The van der Waals surface area contributed by atoms with Crippen LogP contribution >= 0.6 is 0 Å². The van der Waals surface area contributed by atoms with E-state index in [4.69, 9.17) is 4.74 Å². The van der Waals surface area contributed by atoms with Crippen LogP contribution in [0.3, 0.4) is 0 Å². The zero-order valence-corrected chi connectivity index (χ0v) is 7.63. The third-order valence-electron chi connectivity index (χ3n) is 2.27. The van der Waals surface area contributed by atoms with E-state index in [1.54, 1.807) is 7.11 Å². The number of piperidine rings is 1. The highest BCUT2D eigenvalue weighted by atomic mass is 16.5. The Kier molecular flexibility index (Phi) is 2.94. The predicted molar refractivity (Wildman–Crippen MR) is 46.4 cm³/mol. The van der Waals surface area contributed by atoms with Crippen LogP contribution in [0, 0.1) is 5.92 Å². The van der Waals surface area contributed by atoms with E-state index >= 15 is 0 Å². The summed E-state index contributed by atoms with van der Waals surface area (Å²) >= 11 is 0. The summed E-state index contributed by atoms with van der Waals surface area (Å²) in [5.41, 5.74) is 1.45. The lowest BCUT2D eigenvalue weighted by molar-refractivity contribution is 0.252. The van der Waals surface area contributed by atoms with E-state index in [-0.39, 0.29) is 0 Å². The molecular formula is C9H17NO. The van der Waals surface area contributed by atoms with Crippen molar-refractivity contribution < 1.29 is 4.74 Å². The number of rotatable bonds is 1. The van der Waals surface area contributed by atoms with Crippen LogP contribution in [-0.4, -0.2) is 32.1 Å². The highest BCUT2D eigenvalue weighted by Crippen LogP contribution is 2.20. The molecule has 0 amide bonds. The molecule has 1 saturated heterocycles. The van der Waals surface area contributed by atoms with Gasteiger partial charge in [-0.25, -0.2) is 0 Å². The second-order valence-corrected chi connectivity index (χ2v) is 3.34. The van der Waals surface area contributed by atoms with Crippen LogP contribution in [0.15, 0.2) is 11.8 Å². The maximum Gasteiger partial charge on any atom is 0.0820 e. The lowest BCUT2D eigenvalue weighted by Crippen LogP contribution is -2.32. The van der Waals surface area contributed by atoms with Crippen molar-refractivity contribution in [2.24, 2.45) is 5.92 Å². The summed E-state index contributed by atoms with van der Waals surface area (Å²) in [7, 11) is 3.89. The van der Waals surface area contributed by atoms with E-state index in [0.717, 1.165) is 13.0 Å². The number of methoxy groups -OCH3 is 1. The first-order chi connectivity index (χ1) is 5.24. The van der Waals surface area contributed by atoms with Crippen molar-refractivity contribution in [1.82, 2.24) is 4.90 Å². The van der Waals surface area contributed by atoms with Gasteiger partial charge in [-0.3, -0.25) is 0 Å². The minimum atomic E-state index is 0.661. The molecule has 64 valence electrons. The lowest BCUT2D eigenvalue weighted by Gasteiger charge is -2.29.